The summed E-state index contributed by atoms with van der Waals surface area (Å²) in [5, 5.41) is 12.8. The van der Waals surface area contributed by atoms with Crippen molar-refractivity contribution < 1.29 is 14.7 Å². The van der Waals surface area contributed by atoms with E-state index in [0.717, 1.165) is 6.54 Å². The number of piperidine rings is 1. The Hall–Kier alpha value is -1.30. The van der Waals surface area contributed by atoms with Crippen LogP contribution in [-0.2, 0) is 9.59 Å². The molecule has 1 heterocycles. The number of nitrogens with zero attached hydrogens (tertiary/aromatic N) is 1. The lowest BCUT2D eigenvalue weighted by Crippen LogP contribution is -2.43. The van der Waals surface area contributed by atoms with Crippen molar-refractivity contribution in [2.24, 2.45) is 11.8 Å². The lowest BCUT2D eigenvalue weighted by Gasteiger charge is -2.34. The molecule has 0 aromatic heterocycles. The molecule has 0 bridgehead atoms. The number of carboxylic acids is 1. The molecule has 5 nitrogen and oxygen atoms in total. The number of halogens is 2. The van der Waals surface area contributed by atoms with E-state index < -0.39 is 5.97 Å². The molecule has 0 aliphatic carbocycles. The summed E-state index contributed by atoms with van der Waals surface area (Å²) in [5.41, 5.74) is 0.486. The van der Waals surface area contributed by atoms with Crippen LogP contribution in [0.2, 0.25) is 10.0 Å². The number of hydrogen-bond acceptors (Lipinski definition) is 3. The summed E-state index contributed by atoms with van der Waals surface area (Å²) < 4.78 is 0. The molecule has 1 fully saturated rings. The van der Waals surface area contributed by atoms with Gasteiger partial charge < -0.3 is 15.3 Å². The van der Waals surface area contributed by atoms with Gasteiger partial charge in [0.2, 0.25) is 5.91 Å². The Morgan fingerprint density at radius 3 is 2.78 bits per heavy atom. The Kier molecular flexibility index (Phi) is 6.27. The second kappa shape index (κ2) is 7.99. The minimum Gasteiger partial charge on any atom is -0.481 e. The fourth-order valence-corrected chi connectivity index (χ4v) is 3.23. The molecule has 1 aliphatic rings. The van der Waals surface area contributed by atoms with Crippen LogP contribution in [0, 0.1) is 11.8 Å². The first-order valence-electron chi connectivity index (χ1n) is 7.55. The van der Waals surface area contributed by atoms with Gasteiger partial charge >= 0.3 is 5.97 Å². The molecular weight excluding hydrogens is 339 g/mol. The van der Waals surface area contributed by atoms with Gasteiger partial charge in [0.05, 0.1) is 16.6 Å². The standard InChI is InChI=1S/C16H20Cl2N2O3/c1-10-6-11(16(22)23)9-20(8-10)5-4-15(21)19-14-7-12(17)2-3-13(14)18/h2-3,7,10-11H,4-6,8-9H2,1H3,(H,19,21)(H,22,23). The van der Waals surface area contributed by atoms with Crippen molar-refractivity contribution >= 4 is 40.8 Å². The molecule has 1 amide bonds. The maximum absolute atomic E-state index is 12.1. The van der Waals surface area contributed by atoms with Crippen molar-refractivity contribution in [3.63, 3.8) is 0 Å². The Bertz CT molecular complexity index is 595. The highest BCUT2D eigenvalue weighted by Crippen LogP contribution is 2.26. The molecular formula is C16H20Cl2N2O3. The number of anilines is 1. The molecule has 2 unspecified atom stereocenters. The third kappa shape index (κ3) is 5.37. The second-order valence-electron chi connectivity index (χ2n) is 6.06. The van der Waals surface area contributed by atoms with E-state index in [-0.39, 0.29) is 18.2 Å². The van der Waals surface area contributed by atoms with Crippen LogP contribution in [0.4, 0.5) is 5.69 Å². The molecule has 23 heavy (non-hydrogen) atoms. The molecule has 126 valence electrons. The topological polar surface area (TPSA) is 69.6 Å². The van der Waals surface area contributed by atoms with E-state index >= 15 is 0 Å². The number of carbonyl (C=O) groups excluding carboxylic acids is 1. The molecule has 2 atom stereocenters. The third-order valence-electron chi connectivity index (χ3n) is 3.94. The SMILES string of the molecule is CC1CC(C(=O)O)CN(CCC(=O)Nc2cc(Cl)ccc2Cl)C1. The third-order valence-corrected chi connectivity index (χ3v) is 4.51. The van der Waals surface area contributed by atoms with Crippen molar-refractivity contribution in [1.82, 2.24) is 4.90 Å². The van der Waals surface area contributed by atoms with Crippen molar-refractivity contribution in [3.8, 4) is 0 Å². The summed E-state index contributed by atoms with van der Waals surface area (Å²) in [4.78, 5) is 25.3. The quantitative estimate of drug-likeness (QED) is 0.846. The highest BCUT2D eigenvalue weighted by Gasteiger charge is 2.29. The zero-order valence-electron chi connectivity index (χ0n) is 12.9. The van der Waals surface area contributed by atoms with Crippen LogP contribution in [0.5, 0.6) is 0 Å². The molecule has 0 spiro atoms. The van der Waals surface area contributed by atoms with Crippen LogP contribution in [0.15, 0.2) is 18.2 Å². The number of aliphatic carboxylic acids is 1. The summed E-state index contributed by atoms with van der Waals surface area (Å²) in [6.45, 7) is 3.87. The highest BCUT2D eigenvalue weighted by atomic mass is 35.5. The van der Waals surface area contributed by atoms with E-state index in [1.807, 2.05) is 11.8 Å². The van der Waals surface area contributed by atoms with Gasteiger partial charge in [-0.15, -0.1) is 0 Å². The molecule has 7 heteroatoms. The summed E-state index contributed by atoms with van der Waals surface area (Å²) in [6, 6.07) is 4.88. The van der Waals surface area contributed by atoms with Gasteiger partial charge in [-0.05, 0) is 30.5 Å². The minimum atomic E-state index is -0.767. The molecule has 0 radical (unpaired) electrons. The fraction of sp³-hybridized carbons (Fsp3) is 0.500. The lowest BCUT2D eigenvalue weighted by molar-refractivity contribution is -0.144. The Labute approximate surface area is 145 Å². The molecule has 1 aromatic carbocycles. The van der Waals surface area contributed by atoms with Gasteiger partial charge in [0.15, 0.2) is 0 Å². The summed E-state index contributed by atoms with van der Waals surface area (Å²) in [7, 11) is 0. The molecule has 2 N–H and O–H groups in total. The number of amides is 1. The van der Waals surface area contributed by atoms with Crippen molar-refractivity contribution in [1.29, 1.82) is 0 Å². The molecule has 2 rings (SSSR count). The Morgan fingerprint density at radius 2 is 2.09 bits per heavy atom. The molecule has 1 aromatic rings. The van der Waals surface area contributed by atoms with Gasteiger partial charge in [-0.2, -0.15) is 0 Å². The smallest absolute Gasteiger partial charge is 0.307 e. The fourth-order valence-electron chi connectivity index (χ4n) is 2.89. The van der Waals surface area contributed by atoms with Crippen molar-refractivity contribution in [2.45, 2.75) is 19.8 Å². The van der Waals surface area contributed by atoms with Crippen LogP contribution >= 0.6 is 23.2 Å². The van der Waals surface area contributed by atoms with E-state index in [2.05, 4.69) is 5.32 Å². The first-order valence-corrected chi connectivity index (χ1v) is 8.31. The van der Waals surface area contributed by atoms with Gasteiger partial charge in [-0.1, -0.05) is 30.1 Å². The van der Waals surface area contributed by atoms with Gasteiger partial charge in [0.25, 0.3) is 0 Å². The van der Waals surface area contributed by atoms with Crippen LogP contribution in [0.25, 0.3) is 0 Å². The van der Waals surface area contributed by atoms with Crippen LogP contribution in [0.1, 0.15) is 19.8 Å². The normalized spacial score (nSPS) is 21.9. The van der Waals surface area contributed by atoms with E-state index in [1.54, 1.807) is 18.2 Å². The number of carboxylic acid groups (broad SMARTS) is 1. The first kappa shape index (κ1) is 18.0. The van der Waals surface area contributed by atoms with Crippen LogP contribution in [-0.4, -0.2) is 41.5 Å². The molecule has 1 aliphatic heterocycles. The van der Waals surface area contributed by atoms with Crippen LogP contribution < -0.4 is 5.32 Å². The van der Waals surface area contributed by atoms with Gasteiger partial charge in [0.1, 0.15) is 0 Å². The minimum absolute atomic E-state index is 0.167. The van der Waals surface area contributed by atoms with E-state index in [0.29, 0.717) is 41.2 Å². The average Bonchev–Trinajstić information content (AvgIpc) is 2.48. The number of likely N-dealkylation sites (tertiary alicyclic amines) is 1. The predicted octanol–water partition coefficient (Wildman–Crippen LogP) is 3.36. The summed E-state index contributed by atoms with van der Waals surface area (Å²) in [6.07, 6.45) is 0.970. The number of nitrogens with one attached hydrogen (secondary N) is 1. The second-order valence-corrected chi connectivity index (χ2v) is 6.90. The van der Waals surface area contributed by atoms with Gasteiger partial charge in [0, 0.05) is 31.1 Å². The van der Waals surface area contributed by atoms with E-state index in [4.69, 9.17) is 28.3 Å². The van der Waals surface area contributed by atoms with E-state index in [1.165, 1.54) is 0 Å². The first-order chi connectivity index (χ1) is 10.8. The van der Waals surface area contributed by atoms with Gasteiger partial charge in [-0.3, -0.25) is 9.59 Å². The largest absolute Gasteiger partial charge is 0.481 e. The maximum Gasteiger partial charge on any atom is 0.307 e. The zero-order chi connectivity index (χ0) is 17.0. The summed E-state index contributed by atoms with van der Waals surface area (Å²) >= 11 is 11.9. The van der Waals surface area contributed by atoms with E-state index in [9.17, 15) is 9.59 Å². The summed E-state index contributed by atoms with van der Waals surface area (Å²) in [5.74, 6) is -0.976. The molecule has 1 saturated heterocycles. The number of rotatable bonds is 5. The zero-order valence-corrected chi connectivity index (χ0v) is 14.4. The van der Waals surface area contributed by atoms with Crippen molar-refractivity contribution in [2.75, 3.05) is 25.0 Å². The maximum atomic E-state index is 12.1. The Morgan fingerprint density at radius 1 is 1.35 bits per heavy atom. The number of benzene rings is 1. The lowest BCUT2D eigenvalue weighted by atomic mass is 9.90. The predicted molar refractivity (Wildman–Crippen MR) is 91.1 cm³/mol. The highest BCUT2D eigenvalue weighted by molar-refractivity contribution is 6.35. The number of carbonyl (C=O) groups is 2. The van der Waals surface area contributed by atoms with Crippen molar-refractivity contribution in [3.05, 3.63) is 28.2 Å². The van der Waals surface area contributed by atoms with Crippen LogP contribution in [0.3, 0.4) is 0 Å². The number of hydrogen-bond donors (Lipinski definition) is 2. The monoisotopic (exact) mass is 358 g/mol. The Balaban J connectivity index is 1.86. The average molecular weight is 359 g/mol. The molecule has 0 saturated carbocycles. The van der Waals surface area contributed by atoms with Gasteiger partial charge in [-0.25, -0.2) is 0 Å².